The van der Waals surface area contributed by atoms with Crippen molar-refractivity contribution in [2.24, 2.45) is 0 Å². The van der Waals surface area contributed by atoms with Crippen molar-refractivity contribution in [1.82, 2.24) is 10.3 Å². The van der Waals surface area contributed by atoms with E-state index in [1.165, 1.54) is 0 Å². The van der Waals surface area contributed by atoms with Crippen LogP contribution in [0.4, 0.5) is 4.39 Å². The largest absolute Gasteiger partial charge is 0.310 e. The predicted molar refractivity (Wildman–Crippen MR) is 71.6 cm³/mol. The molecule has 94 valence electrons. The first kappa shape index (κ1) is 12.7. The zero-order chi connectivity index (χ0) is 13.0. The zero-order valence-corrected chi connectivity index (χ0v) is 10.7. The van der Waals surface area contributed by atoms with Gasteiger partial charge in [0.1, 0.15) is 5.82 Å². The Bertz CT molecular complexity index is 509. The van der Waals surface area contributed by atoms with Crippen LogP contribution in [0.25, 0.3) is 11.1 Å². The van der Waals surface area contributed by atoms with Crippen LogP contribution in [0.1, 0.15) is 19.4 Å². The van der Waals surface area contributed by atoms with Gasteiger partial charge >= 0.3 is 0 Å². The Kier molecular flexibility index (Phi) is 4.05. The van der Waals surface area contributed by atoms with Gasteiger partial charge in [0.15, 0.2) is 0 Å². The van der Waals surface area contributed by atoms with Gasteiger partial charge in [-0.1, -0.05) is 32.0 Å². The molecular weight excluding hydrogens is 227 g/mol. The smallest absolute Gasteiger partial charge is 0.128 e. The van der Waals surface area contributed by atoms with E-state index in [2.05, 4.69) is 10.3 Å². The average Bonchev–Trinajstić information content (AvgIpc) is 2.38. The maximum absolute atomic E-state index is 13.9. The number of halogens is 1. The van der Waals surface area contributed by atoms with E-state index in [0.717, 1.165) is 11.1 Å². The molecule has 1 aromatic carbocycles. The third-order valence-electron chi connectivity index (χ3n) is 2.75. The molecule has 0 aliphatic rings. The first-order valence-electron chi connectivity index (χ1n) is 6.09. The second-order valence-corrected chi connectivity index (χ2v) is 4.58. The number of aromatic nitrogens is 1. The molecule has 18 heavy (non-hydrogen) atoms. The second-order valence-electron chi connectivity index (χ2n) is 4.58. The Labute approximate surface area is 107 Å². The quantitative estimate of drug-likeness (QED) is 0.891. The highest BCUT2D eigenvalue weighted by molar-refractivity contribution is 5.62. The van der Waals surface area contributed by atoms with E-state index in [1.54, 1.807) is 18.5 Å². The molecule has 0 aliphatic heterocycles. The van der Waals surface area contributed by atoms with Gasteiger partial charge in [-0.05, 0) is 17.7 Å². The van der Waals surface area contributed by atoms with E-state index in [9.17, 15) is 4.39 Å². The van der Waals surface area contributed by atoms with Gasteiger partial charge in [-0.25, -0.2) is 4.39 Å². The fraction of sp³-hybridized carbons (Fsp3) is 0.267. The van der Waals surface area contributed by atoms with Gasteiger partial charge in [-0.3, -0.25) is 4.98 Å². The van der Waals surface area contributed by atoms with E-state index in [0.29, 0.717) is 18.2 Å². The third kappa shape index (κ3) is 3.14. The summed E-state index contributed by atoms with van der Waals surface area (Å²) in [5, 5.41) is 3.21. The molecule has 1 aromatic heterocycles. The summed E-state index contributed by atoms with van der Waals surface area (Å²) in [4.78, 5) is 4.04. The molecule has 0 atom stereocenters. The summed E-state index contributed by atoms with van der Waals surface area (Å²) in [5.74, 6) is -0.176. The highest BCUT2D eigenvalue weighted by Gasteiger charge is 2.05. The van der Waals surface area contributed by atoms with Crippen molar-refractivity contribution >= 4 is 0 Å². The van der Waals surface area contributed by atoms with Crippen LogP contribution in [0.2, 0.25) is 0 Å². The average molecular weight is 244 g/mol. The Morgan fingerprint density at radius 1 is 1.22 bits per heavy atom. The van der Waals surface area contributed by atoms with Gasteiger partial charge in [0.25, 0.3) is 0 Å². The minimum absolute atomic E-state index is 0.176. The number of hydrogen-bond acceptors (Lipinski definition) is 2. The van der Waals surface area contributed by atoms with Crippen molar-refractivity contribution in [3.8, 4) is 11.1 Å². The van der Waals surface area contributed by atoms with Crippen molar-refractivity contribution in [2.75, 3.05) is 0 Å². The van der Waals surface area contributed by atoms with Crippen LogP contribution >= 0.6 is 0 Å². The number of benzene rings is 1. The number of pyridine rings is 1. The molecule has 2 aromatic rings. The van der Waals surface area contributed by atoms with Gasteiger partial charge < -0.3 is 5.32 Å². The topological polar surface area (TPSA) is 24.9 Å². The Hall–Kier alpha value is -1.74. The summed E-state index contributed by atoms with van der Waals surface area (Å²) in [5.41, 5.74) is 2.48. The summed E-state index contributed by atoms with van der Waals surface area (Å²) in [6, 6.07) is 9.44. The number of rotatable bonds is 4. The van der Waals surface area contributed by atoms with E-state index < -0.39 is 0 Å². The maximum atomic E-state index is 13.9. The lowest BCUT2D eigenvalue weighted by molar-refractivity contribution is 0.553. The summed E-state index contributed by atoms with van der Waals surface area (Å²) in [7, 11) is 0. The molecule has 0 spiro atoms. The van der Waals surface area contributed by atoms with Gasteiger partial charge in [0.05, 0.1) is 0 Å². The molecule has 3 heteroatoms. The summed E-state index contributed by atoms with van der Waals surface area (Å²) in [6.45, 7) is 4.64. The third-order valence-corrected chi connectivity index (χ3v) is 2.75. The van der Waals surface area contributed by atoms with E-state index >= 15 is 0 Å². The summed E-state index contributed by atoms with van der Waals surface area (Å²) < 4.78 is 13.9. The number of nitrogens with one attached hydrogen (secondary N) is 1. The lowest BCUT2D eigenvalue weighted by Crippen LogP contribution is -2.22. The van der Waals surface area contributed by atoms with Crippen LogP contribution in [-0.4, -0.2) is 11.0 Å². The van der Waals surface area contributed by atoms with Crippen LogP contribution < -0.4 is 5.32 Å². The molecule has 0 saturated heterocycles. The second kappa shape index (κ2) is 5.74. The van der Waals surface area contributed by atoms with E-state index in [1.807, 2.05) is 38.1 Å². The van der Waals surface area contributed by atoms with Crippen molar-refractivity contribution in [3.63, 3.8) is 0 Å². The van der Waals surface area contributed by atoms with Crippen LogP contribution in [0.5, 0.6) is 0 Å². The van der Waals surface area contributed by atoms with Gasteiger partial charge in [-0.2, -0.15) is 0 Å². The van der Waals surface area contributed by atoms with Crippen molar-refractivity contribution in [3.05, 3.63) is 54.1 Å². The minimum Gasteiger partial charge on any atom is -0.310 e. The monoisotopic (exact) mass is 244 g/mol. The molecule has 0 aliphatic carbocycles. The fourth-order valence-electron chi connectivity index (χ4n) is 1.72. The normalized spacial score (nSPS) is 10.9. The van der Waals surface area contributed by atoms with Gasteiger partial charge in [0.2, 0.25) is 0 Å². The number of nitrogens with zero attached hydrogens (tertiary/aromatic N) is 1. The molecule has 2 nitrogen and oxygen atoms in total. The van der Waals surface area contributed by atoms with Gasteiger partial charge in [-0.15, -0.1) is 0 Å². The fourth-order valence-corrected chi connectivity index (χ4v) is 1.72. The van der Waals surface area contributed by atoms with Crippen molar-refractivity contribution in [2.45, 2.75) is 26.4 Å². The molecule has 1 N–H and O–H groups in total. The first-order valence-corrected chi connectivity index (χ1v) is 6.09. The SMILES string of the molecule is CC(C)NCc1ccc(-c2cccnc2)cc1F. The maximum Gasteiger partial charge on any atom is 0.128 e. The Balaban J connectivity index is 2.20. The van der Waals surface area contributed by atoms with Crippen molar-refractivity contribution in [1.29, 1.82) is 0 Å². The lowest BCUT2D eigenvalue weighted by atomic mass is 10.0. The standard InChI is InChI=1S/C15H17FN2/c1-11(2)18-10-14-6-5-12(8-15(14)16)13-4-3-7-17-9-13/h3-9,11,18H,10H2,1-2H3. The molecule has 0 bridgehead atoms. The Morgan fingerprint density at radius 3 is 2.67 bits per heavy atom. The summed E-state index contributed by atoms with van der Waals surface area (Å²) >= 11 is 0. The first-order chi connectivity index (χ1) is 8.66. The highest BCUT2D eigenvalue weighted by atomic mass is 19.1. The van der Waals surface area contributed by atoms with Crippen LogP contribution in [-0.2, 0) is 6.54 Å². The molecule has 0 amide bonds. The van der Waals surface area contributed by atoms with Crippen LogP contribution in [0, 0.1) is 5.82 Å². The van der Waals surface area contributed by atoms with Crippen LogP contribution in [0.3, 0.4) is 0 Å². The molecule has 0 fully saturated rings. The molecule has 0 unspecified atom stereocenters. The number of hydrogen-bond donors (Lipinski definition) is 1. The molecule has 0 saturated carbocycles. The van der Waals surface area contributed by atoms with Crippen LogP contribution in [0.15, 0.2) is 42.7 Å². The molecule has 2 rings (SSSR count). The lowest BCUT2D eigenvalue weighted by Gasteiger charge is -2.10. The van der Waals surface area contributed by atoms with E-state index in [-0.39, 0.29) is 5.82 Å². The molecular formula is C15H17FN2. The van der Waals surface area contributed by atoms with E-state index in [4.69, 9.17) is 0 Å². The predicted octanol–water partition coefficient (Wildman–Crippen LogP) is 3.39. The highest BCUT2D eigenvalue weighted by Crippen LogP contribution is 2.20. The Morgan fingerprint density at radius 2 is 2.06 bits per heavy atom. The van der Waals surface area contributed by atoms with Gasteiger partial charge in [0, 0.05) is 36.1 Å². The molecule has 1 heterocycles. The van der Waals surface area contributed by atoms with Crippen molar-refractivity contribution < 1.29 is 4.39 Å². The zero-order valence-electron chi connectivity index (χ0n) is 10.7. The molecule has 0 radical (unpaired) electrons. The summed E-state index contributed by atoms with van der Waals surface area (Å²) in [6.07, 6.45) is 3.45. The minimum atomic E-state index is -0.176.